The van der Waals surface area contributed by atoms with Gasteiger partial charge in [0.25, 0.3) is 0 Å². The molecule has 2 amide bonds. The topological polar surface area (TPSA) is 41.6 Å². The first kappa shape index (κ1) is 11.2. The smallest absolute Gasteiger partial charge is 0.317 e. The van der Waals surface area contributed by atoms with Crippen molar-refractivity contribution in [1.29, 1.82) is 0 Å². The van der Waals surface area contributed by atoms with E-state index in [2.05, 4.69) is 5.32 Å². The van der Waals surface area contributed by atoms with Crippen molar-refractivity contribution in [2.24, 2.45) is 0 Å². The molecule has 0 radical (unpaired) electrons. The number of hydrogen-bond donors (Lipinski definition) is 1. The summed E-state index contributed by atoms with van der Waals surface area (Å²) in [6, 6.07) is -0.0120. The van der Waals surface area contributed by atoms with Crippen molar-refractivity contribution in [2.45, 2.75) is 19.9 Å². The Morgan fingerprint density at radius 3 is 2.58 bits per heavy atom. The van der Waals surface area contributed by atoms with Crippen LogP contribution in [-0.2, 0) is 4.74 Å². The molecule has 0 saturated heterocycles. The maximum absolute atomic E-state index is 11.1. The Labute approximate surface area is 73.9 Å². The minimum atomic E-state index is -0.0813. The van der Waals surface area contributed by atoms with Gasteiger partial charge in [0.15, 0.2) is 0 Å². The highest BCUT2D eigenvalue weighted by atomic mass is 16.5. The number of carbonyl (C=O) groups is 1. The summed E-state index contributed by atoms with van der Waals surface area (Å²) < 4.78 is 5.14. The molecule has 4 nitrogen and oxygen atoms in total. The highest BCUT2D eigenvalue weighted by Gasteiger charge is 2.07. The Bertz CT molecular complexity index is 137. The number of ether oxygens (including phenoxy) is 1. The molecule has 0 rings (SSSR count). The summed E-state index contributed by atoms with van der Waals surface area (Å²) >= 11 is 0. The van der Waals surface area contributed by atoms with Crippen molar-refractivity contribution in [3.63, 3.8) is 0 Å². The van der Waals surface area contributed by atoms with Crippen molar-refractivity contribution < 1.29 is 9.53 Å². The van der Waals surface area contributed by atoms with Gasteiger partial charge in [-0.2, -0.15) is 0 Å². The lowest BCUT2D eigenvalue weighted by molar-refractivity contribution is 0.126. The van der Waals surface area contributed by atoms with E-state index in [9.17, 15) is 4.79 Å². The van der Waals surface area contributed by atoms with Gasteiger partial charge < -0.3 is 15.0 Å². The van der Waals surface area contributed by atoms with Crippen LogP contribution in [0.25, 0.3) is 0 Å². The van der Waals surface area contributed by atoms with Gasteiger partial charge in [0.1, 0.15) is 0 Å². The largest absolute Gasteiger partial charge is 0.380 e. The molecule has 0 aliphatic carbocycles. The van der Waals surface area contributed by atoms with Crippen LogP contribution in [0.2, 0.25) is 0 Å². The molecule has 0 saturated carbocycles. The monoisotopic (exact) mass is 174 g/mol. The van der Waals surface area contributed by atoms with Crippen LogP contribution in [0, 0.1) is 0 Å². The van der Waals surface area contributed by atoms with Gasteiger partial charge in [-0.15, -0.1) is 0 Å². The van der Waals surface area contributed by atoms with Crippen molar-refractivity contribution >= 4 is 6.03 Å². The maximum Gasteiger partial charge on any atom is 0.317 e. The third-order valence-electron chi connectivity index (χ3n) is 1.35. The summed E-state index contributed by atoms with van der Waals surface area (Å²) in [5.41, 5.74) is 0. The third kappa shape index (κ3) is 4.96. The number of nitrogens with zero attached hydrogens (tertiary/aromatic N) is 1. The molecular weight excluding hydrogens is 156 g/mol. The second-order valence-corrected chi connectivity index (χ2v) is 2.90. The van der Waals surface area contributed by atoms with Crippen LogP contribution in [0.15, 0.2) is 0 Å². The minimum Gasteiger partial charge on any atom is -0.380 e. The second kappa shape index (κ2) is 5.83. The van der Waals surface area contributed by atoms with Gasteiger partial charge >= 0.3 is 6.03 Å². The van der Waals surface area contributed by atoms with Crippen LogP contribution < -0.4 is 5.32 Å². The van der Waals surface area contributed by atoms with Gasteiger partial charge in [0, 0.05) is 20.7 Å². The van der Waals surface area contributed by atoms with Crippen molar-refractivity contribution in [3.8, 4) is 0 Å². The second-order valence-electron chi connectivity index (χ2n) is 2.90. The van der Waals surface area contributed by atoms with E-state index in [0.717, 1.165) is 0 Å². The SMILES string of the molecule is CCOCC(C)NC(=O)N(C)C. The predicted molar refractivity (Wildman–Crippen MR) is 48.2 cm³/mol. The lowest BCUT2D eigenvalue weighted by Gasteiger charge is -2.17. The first-order valence-corrected chi connectivity index (χ1v) is 4.13. The van der Waals surface area contributed by atoms with E-state index in [1.165, 1.54) is 4.90 Å². The van der Waals surface area contributed by atoms with Gasteiger partial charge in [-0.05, 0) is 13.8 Å². The van der Waals surface area contributed by atoms with Crippen LogP contribution in [0.4, 0.5) is 4.79 Å². The average Bonchev–Trinajstić information content (AvgIpc) is 2.00. The summed E-state index contributed by atoms with van der Waals surface area (Å²) in [7, 11) is 3.42. The molecule has 1 N–H and O–H groups in total. The van der Waals surface area contributed by atoms with E-state index in [0.29, 0.717) is 13.2 Å². The Kier molecular flexibility index (Phi) is 5.45. The number of amides is 2. The Hall–Kier alpha value is -0.770. The van der Waals surface area contributed by atoms with E-state index in [-0.39, 0.29) is 12.1 Å². The molecule has 0 aromatic heterocycles. The standard InChI is InChI=1S/C8H18N2O2/c1-5-12-6-7(2)9-8(11)10(3)4/h7H,5-6H2,1-4H3,(H,9,11). The van der Waals surface area contributed by atoms with E-state index in [4.69, 9.17) is 4.74 Å². The van der Waals surface area contributed by atoms with Crippen LogP contribution in [0.3, 0.4) is 0 Å². The molecule has 4 heteroatoms. The third-order valence-corrected chi connectivity index (χ3v) is 1.35. The van der Waals surface area contributed by atoms with Crippen molar-refractivity contribution in [1.82, 2.24) is 10.2 Å². The lowest BCUT2D eigenvalue weighted by atomic mass is 10.4. The number of nitrogens with one attached hydrogen (secondary N) is 1. The first-order valence-electron chi connectivity index (χ1n) is 4.13. The molecule has 0 heterocycles. The summed E-state index contributed by atoms with van der Waals surface area (Å²) in [6.45, 7) is 5.09. The van der Waals surface area contributed by atoms with E-state index < -0.39 is 0 Å². The van der Waals surface area contributed by atoms with Gasteiger partial charge in [0.05, 0.1) is 12.6 Å². The predicted octanol–water partition coefficient (Wildman–Crippen LogP) is 0.683. The first-order chi connectivity index (χ1) is 5.57. The Morgan fingerprint density at radius 2 is 2.17 bits per heavy atom. The van der Waals surface area contributed by atoms with Gasteiger partial charge in [0.2, 0.25) is 0 Å². The highest BCUT2D eigenvalue weighted by molar-refractivity contribution is 5.73. The number of urea groups is 1. The number of hydrogen-bond acceptors (Lipinski definition) is 2. The molecule has 1 unspecified atom stereocenters. The molecule has 0 bridgehead atoms. The van der Waals surface area contributed by atoms with E-state index in [1.54, 1.807) is 14.1 Å². The fraction of sp³-hybridized carbons (Fsp3) is 0.875. The van der Waals surface area contributed by atoms with E-state index in [1.807, 2.05) is 13.8 Å². The van der Waals surface area contributed by atoms with Crippen LogP contribution in [0.1, 0.15) is 13.8 Å². The van der Waals surface area contributed by atoms with Crippen LogP contribution in [-0.4, -0.2) is 44.3 Å². The number of rotatable bonds is 4. The summed E-state index contributed by atoms with van der Waals surface area (Å²) in [6.07, 6.45) is 0. The molecule has 12 heavy (non-hydrogen) atoms. The zero-order valence-corrected chi connectivity index (χ0v) is 8.26. The average molecular weight is 174 g/mol. The van der Waals surface area contributed by atoms with Crippen LogP contribution in [0.5, 0.6) is 0 Å². The molecule has 0 aromatic carbocycles. The molecule has 72 valence electrons. The molecule has 0 aromatic rings. The fourth-order valence-electron chi connectivity index (χ4n) is 0.676. The minimum absolute atomic E-state index is 0.0693. The Balaban J connectivity index is 3.54. The Morgan fingerprint density at radius 1 is 1.58 bits per heavy atom. The lowest BCUT2D eigenvalue weighted by Crippen LogP contribution is -2.42. The van der Waals surface area contributed by atoms with Gasteiger partial charge in [-0.3, -0.25) is 0 Å². The molecule has 0 fully saturated rings. The van der Waals surface area contributed by atoms with Crippen LogP contribution >= 0.6 is 0 Å². The summed E-state index contributed by atoms with van der Waals surface area (Å²) in [5.74, 6) is 0. The summed E-state index contributed by atoms with van der Waals surface area (Å²) in [5, 5.41) is 2.78. The highest BCUT2D eigenvalue weighted by Crippen LogP contribution is 1.86. The normalized spacial score (nSPS) is 12.3. The molecule has 0 aliphatic rings. The van der Waals surface area contributed by atoms with Gasteiger partial charge in [-0.25, -0.2) is 4.79 Å². The summed E-state index contributed by atoms with van der Waals surface area (Å²) in [4.78, 5) is 12.6. The zero-order valence-electron chi connectivity index (χ0n) is 8.26. The number of carbonyl (C=O) groups excluding carboxylic acids is 1. The fourth-order valence-corrected chi connectivity index (χ4v) is 0.676. The maximum atomic E-state index is 11.1. The zero-order chi connectivity index (χ0) is 9.56. The van der Waals surface area contributed by atoms with Crippen molar-refractivity contribution in [2.75, 3.05) is 27.3 Å². The van der Waals surface area contributed by atoms with E-state index >= 15 is 0 Å². The molecular formula is C8H18N2O2. The van der Waals surface area contributed by atoms with Crippen molar-refractivity contribution in [3.05, 3.63) is 0 Å². The quantitative estimate of drug-likeness (QED) is 0.681. The molecule has 1 atom stereocenters. The van der Waals surface area contributed by atoms with Gasteiger partial charge in [-0.1, -0.05) is 0 Å². The molecule has 0 spiro atoms. The molecule has 0 aliphatic heterocycles.